The Labute approximate surface area is 161 Å². The van der Waals surface area contributed by atoms with Crippen LogP contribution in [-0.4, -0.2) is 54.7 Å². The van der Waals surface area contributed by atoms with Crippen LogP contribution in [0.4, 0.5) is 11.4 Å². The van der Waals surface area contributed by atoms with Crippen molar-refractivity contribution in [3.05, 3.63) is 56.4 Å². The van der Waals surface area contributed by atoms with Crippen molar-refractivity contribution in [1.29, 1.82) is 0 Å². The summed E-state index contributed by atoms with van der Waals surface area (Å²) in [5.74, 6) is -1.58. The molecular formula is C15H15N9O5. The Morgan fingerprint density at radius 1 is 1.28 bits per heavy atom. The molecule has 0 aliphatic heterocycles. The zero-order valence-corrected chi connectivity index (χ0v) is 15.1. The molecule has 3 aromatic rings. The smallest absolute Gasteiger partial charge is 0.353 e. The minimum Gasteiger partial charge on any atom is -0.367 e. The van der Waals surface area contributed by atoms with Crippen molar-refractivity contribution in [2.75, 3.05) is 18.5 Å². The van der Waals surface area contributed by atoms with Crippen molar-refractivity contribution >= 4 is 28.8 Å². The molecule has 0 atom stereocenters. The molecule has 14 nitrogen and oxygen atoms in total. The minimum absolute atomic E-state index is 0.000309. The second-order valence-electron chi connectivity index (χ2n) is 5.99. The van der Waals surface area contributed by atoms with E-state index in [0.29, 0.717) is 0 Å². The van der Waals surface area contributed by atoms with Gasteiger partial charge in [-0.2, -0.15) is 4.68 Å². The van der Waals surface area contributed by atoms with Crippen molar-refractivity contribution in [1.82, 2.24) is 24.4 Å². The number of imidazole rings is 1. The average molecular weight is 401 g/mol. The third-order valence-electron chi connectivity index (χ3n) is 4.17. The Balaban J connectivity index is 1.88. The Hall–Kier alpha value is -4.36. The van der Waals surface area contributed by atoms with Crippen LogP contribution in [0.15, 0.2) is 29.3 Å². The quantitative estimate of drug-likeness (QED) is 0.350. The molecule has 0 spiro atoms. The molecule has 0 saturated carbocycles. The highest BCUT2D eigenvalue weighted by Crippen LogP contribution is 2.28. The number of benzene rings is 1. The van der Waals surface area contributed by atoms with Crippen molar-refractivity contribution in [3.8, 4) is 0 Å². The lowest BCUT2D eigenvalue weighted by atomic mass is 10.1. The first-order valence-electron chi connectivity index (χ1n) is 8.10. The van der Waals surface area contributed by atoms with Crippen LogP contribution in [-0.2, 0) is 6.54 Å². The number of nitro benzene ring substituents is 1. The monoisotopic (exact) mass is 401 g/mol. The number of anilines is 1. The number of hydrogen-bond acceptors (Lipinski definition) is 9. The summed E-state index contributed by atoms with van der Waals surface area (Å²) in [6.45, 7) is 0.112. The minimum atomic E-state index is -0.847. The van der Waals surface area contributed by atoms with Gasteiger partial charge in [0.25, 0.3) is 11.6 Å². The van der Waals surface area contributed by atoms with Gasteiger partial charge >= 0.3 is 5.69 Å². The number of hydrogen-bond donors (Lipinski definition) is 2. The fraction of sp³-hybridized carbons (Fsp3) is 0.200. The normalized spacial score (nSPS) is 10.8. The first-order valence-corrected chi connectivity index (χ1v) is 8.10. The molecule has 0 radical (unpaired) electrons. The molecule has 2 aromatic heterocycles. The molecule has 0 fully saturated rings. The Morgan fingerprint density at radius 2 is 2.00 bits per heavy atom. The molecule has 29 heavy (non-hydrogen) atoms. The van der Waals surface area contributed by atoms with E-state index < -0.39 is 22.4 Å². The summed E-state index contributed by atoms with van der Waals surface area (Å²) >= 11 is 0. The Bertz CT molecular complexity index is 1200. The lowest BCUT2D eigenvalue weighted by Crippen LogP contribution is -2.34. The summed E-state index contributed by atoms with van der Waals surface area (Å²) in [5.41, 5.74) is 9.54. The number of carbonyl (C=O) groups is 2. The van der Waals surface area contributed by atoms with Crippen LogP contribution >= 0.6 is 0 Å². The number of nitrogens with zero attached hydrogens (tertiary/aromatic N) is 7. The number of rotatable bonds is 7. The molecule has 3 rings (SSSR count). The van der Waals surface area contributed by atoms with Gasteiger partial charge in [-0.3, -0.25) is 19.7 Å². The number of nitrogens with two attached hydrogens (primary N) is 2. The number of amides is 2. The van der Waals surface area contributed by atoms with E-state index in [2.05, 4.69) is 15.3 Å². The number of aromatic nitrogens is 5. The fourth-order valence-corrected chi connectivity index (χ4v) is 2.65. The van der Waals surface area contributed by atoms with Crippen LogP contribution in [0, 0.1) is 10.1 Å². The van der Waals surface area contributed by atoms with Gasteiger partial charge in [-0.25, -0.2) is 14.2 Å². The van der Waals surface area contributed by atoms with E-state index in [4.69, 9.17) is 11.5 Å². The number of nitro groups is 1. The van der Waals surface area contributed by atoms with Crippen molar-refractivity contribution in [2.45, 2.75) is 6.54 Å². The lowest BCUT2D eigenvalue weighted by Gasteiger charge is -2.19. The highest BCUT2D eigenvalue weighted by atomic mass is 16.6. The van der Waals surface area contributed by atoms with E-state index in [0.717, 1.165) is 15.4 Å². The molecule has 0 bridgehead atoms. The molecule has 14 heteroatoms. The van der Waals surface area contributed by atoms with Crippen LogP contribution in [0.25, 0.3) is 5.65 Å². The first kappa shape index (κ1) is 19.4. The molecule has 4 N–H and O–H groups in total. The molecule has 2 amide bonds. The van der Waals surface area contributed by atoms with E-state index in [-0.39, 0.29) is 41.4 Å². The Morgan fingerprint density at radius 3 is 2.62 bits per heavy atom. The van der Waals surface area contributed by atoms with Gasteiger partial charge in [0, 0.05) is 25.2 Å². The van der Waals surface area contributed by atoms with Crippen LogP contribution in [0.1, 0.15) is 20.8 Å². The maximum Gasteiger partial charge on any atom is 0.353 e. The zero-order valence-electron chi connectivity index (χ0n) is 15.1. The molecule has 0 aliphatic rings. The maximum absolute atomic E-state index is 12.5. The predicted molar refractivity (Wildman–Crippen MR) is 98.4 cm³/mol. The highest BCUT2D eigenvalue weighted by Gasteiger charge is 2.20. The van der Waals surface area contributed by atoms with Gasteiger partial charge in [0.2, 0.25) is 5.91 Å². The number of primary amides is 2. The maximum atomic E-state index is 12.5. The summed E-state index contributed by atoms with van der Waals surface area (Å²) in [4.78, 5) is 51.0. The van der Waals surface area contributed by atoms with Crippen LogP contribution < -0.4 is 22.1 Å². The zero-order chi connectivity index (χ0) is 21.3. The molecule has 150 valence electrons. The third-order valence-corrected chi connectivity index (χ3v) is 4.17. The summed E-state index contributed by atoms with van der Waals surface area (Å²) in [7, 11) is 1.55. The van der Waals surface area contributed by atoms with E-state index in [9.17, 15) is 24.5 Å². The third kappa shape index (κ3) is 3.58. The van der Waals surface area contributed by atoms with Gasteiger partial charge in [-0.15, -0.1) is 5.10 Å². The molecule has 0 aliphatic carbocycles. The second kappa shape index (κ2) is 7.34. The summed E-state index contributed by atoms with van der Waals surface area (Å²) < 4.78 is 2.02. The molecular weight excluding hydrogens is 386 g/mol. The van der Waals surface area contributed by atoms with Crippen LogP contribution in [0.5, 0.6) is 0 Å². The molecule has 0 saturated heterocycles. The van der Waals surface area contributed by atoms with Crippen LogP contribution in [0.2, 0.25) is 0 Å². The van der Waals surface area contributed by atoms with Gasteiger partial charge in [-0.05, 0) is 12.1 Å². The number of likely N-dealkylation sites (N-methyl/N-ethyl adjacent to an activating group) is 1. The summed E-state index contributed by atoms with van der Waals surface area (Å²) in [6.07, 6.45) is 1.10. The highest BCUT2D eigenvalue weighted by molar-refractivity contribution is 5.96. The van der Waals surface area contributed by atoms with Crippen molar-refractivity contribution in [3.63, 3.8) is 0 Å². The molecule has 2 heterocycles. The number of fused-ring (bicyclic) bond motifs is 1. The second-order valence-corrected chi connectivity index (χ2v) is 5.99. The van der Waals surface area contributed by atoms with E-state index in [1.54, 1.807) is 7.05 Å². The van der Waals surface area contributed by atoms with Gasteiger partial charge in [0.05, 0.1) is 11.5 Å². The summed E-state index contributed by atoms with van der Waals surface area (Å²) in [6, 6.07) is 3.74. The first-order chi connectivity index (χ1) is 13.7. The fourth-order valence-electron chi connectivity index (χ4n) is 2.65. The number of carbonyl (C=O) groups excluding carboxylic acids is 2. The molecule has 0 unspecified atom stereocenters. The van der Waals surface area contributed by atoms with Gasteiger partial charge in [-0.1, -0.05) is 5.21 Å². The predicted octanol–water partition coefficient (Wildman–Crippen LogP) is -1.47. The lowest BCUT2D eigenvalue weighted by molar-refractivity contribution is -0.384. The molecule has 1 aromatic carbocycles. The summed E-state index contributed by atoms with van der Waals surface area (Å²) in [5, 5.41) is 18.8. The van der Waals surface area contributed by atoms with Gasteiger partial charge < -0.3 is 16.4 Å². The Kier molecular flexibility index (Phi) is 4.91. The van der Waals surface area contributed by atoms with Crippen molar-refractivity contribution < 1.29 is 14.5 Å². The standard InChI is InChI=1S/C15H15N9O5/c1-21(10-6-8(12(16)25)2-3-9(10)24(28)29)4-5-23-15(27)22-7-18-11(13(17)26)14(22)19-20-23/h2-3,6-7H,4-5H2,1H3,(H2,16,25)(H2,17,26). The largest absolute Gasteiger partial charge is 0.367 e. The van der Waals surface area contributed by atoms with Gasteiger partial charge in [0.15, 0.2) is 11.3 Å². The van der Waals surface area contributed by atoms with Crippen LogP contribution in [0.3, 0.4) is 0 Å². The van der Waals surface area contributed by atoms with Crippen molar-refractivity contribution in [2.24, 2.45) is 11.5 Å². The topological polar surface area (TPSA) is 198 Å². The van der Waals surface area contributed by atoms with E-state index >= 15 is 0 Å². The van der Waals surface area contributed by atoms with E-state index in [1.165, 1.54) is 23.1 Å². The SMILES string of the molecule is CN(CCn1nnc2c(C(N)=O)ncn2c1=O)c1cc(C(N)=O)ccc1[N+](=O)[O-]. The average Bonchev–Trinajstić information content (AvgIpc) is 3.11. The van der Waals surface area contributed by atoms with Gasteiger partial charge in [0.1, 0.15) is 12.0 Å². The van der Waals surface area contributed by atoms with E-state index in [1.807, 2.05) is 0 Å².